The quantitative estimate of drug-likeness (QED) is 0.775. The van der Waals surface area contributed by atoms with Crippen molar-refractivity contribution in [3.05, 3.63) is 0 Å². The summed E-state index contributed by atoms with van der Waals surface area (Å²) >= 11 is 0. The van der Waals surface area contributed by atoms with Gasteiger partial charge in [0.1, 0.15) is 0 Å². The Kier molecular flexibility index (Phi) is 4.54. The van der Waals surface area contributed by atoms with Crippen LogP contribution in [0.4, 0.5) is 17.8 Å². The van der Waals surface area contributed by atoms with E-state index >= 15 is 0 Å². The van der Waals surface area contributed by atoms with E-state index in [9.17, 15) is 4.79 Å². The first-order chi connectivity index (χ1) is 9.60. The molecule has 3 N–H and O–H groups in total. The molecule has 1 aromatic heterocycles. The van der Waals surface area contributed by atoms with Crippen LogP contribution in [0.15, 0.2) is 0 Å². The molecule has 20 heavy (non-hydrogen) atoms. The molecule has 110 valence electrons. The smallest absolute Gasteiger partial charge is 0.239 e. The number of rotatable bonds is 4. The van der Waals surface area contributed by atoms with Crippen LogP contribution >= 0.6 is 0 Å². The van der Waals surface area contributed by atoms with E-state index in [4.69, 9.17) is 5.73 Å². The largest absolute Gasteiger partial charge is 0.368 e. The van der Waals surface area contributed by atoms with Crippen LogP contribution in [0.25, 0.3) is 0 Å². The van der Waals surface area contributed by atoms with Crippen LogP contribution in [0.5, 0.6) is 0 Å². The van der Waals surface area contributed by atoms with Gasteiger partial charge in [0.25, 0.3) is 0 Å². The maximum Gasteiger partial charge on any atom is 0.239 e. The summed E-state index contributed by atoms with van der Waals surface area (Å²) in [5, 5.41) is 2.56. The number of carbonyl (C=O) groups is 1. The van der Waals surface area contributed by atoms with Gasteiger partial charge in [0, 0.05) is 27.2 Å². The van der Waals surface area contributed by atoms with E-state index in [-0.39, 0.29) is 18.4 Å². The average molecular weight is 279 g/mol. The first-order valence-electron chi connectivity index (χ1n) is 6.78. The van der Waals surface area contributed by atoms with E-state index in [0.29, 0.717) is 11.9 Å². The Bertz CT molecular complexity index is 473. The van der Waals surface area contributed by atoms with Crippen LogP contribution in [0.3, 0.4) is 0 Å². The predicted molar refractivity (Wildman–Crippen MR) is 77.6 cm³/mol. The lowest BCUT2D eigenvalue weighted by Gasteiger charge is -2.27. The molecular weight excluding hydrogens is 258 g/mol. The maximum atomic E-state index is 11.4. The van der Waals surface area contributed by atoms with Crippen LogP contribution in [0.2, 0.25) is 0 Å². The molecule has 1 aromatic rings. The fourth-order valence-electron chi connectivity index (χ4n) is 2.14. The SMILES string of the molecule is CNC(=O)CN(C)c1nc(N)nc(N2CCCCC2)n1. The Labute approximate surface area is 118 Å². The molecule has 1 aliphatic rings. The highest BCUT2D eigenvalue weighted by molar-refractivity contribution is 5.80. The van der Waals surface area contributed by atoms with Gasteiger partial charge in [-0.05, 0) is 19.3 Å². The number of nitrogens with one attached hydrogen (secondary N) is 1. The van der Waals surface area contributed by atoms with Crippen LogP contribution in [-0.2, 0) is 4.79 Å². The lowest BCUT2D eigenvalue weighted by Crippen LogP contribution is -2.35. The van der Waals surface area contributed by atoms with Crippen LogP contribution in [0.1, 0.15) is 19.3 Å². The van der Waals surface area contributed by atoms with E-state index in [1.54, 1.807) is 19.0 Å². The molecule has 0 unspecified atom stereocenters. The molecule has 0 spiro atoms. The van der Waals surface area contributed by atoms with Crippen LogP contribution < -0.4 is 20.9 Å². The second kappa shape index (κ2) is 6.36. The first kappa shape index (κ1) is 14.3. The highest BCUT2D eigenvalue weighted by Gasteiger charge is 2.17. The topological polar surface area (TPSA) is 100 Å². The zero-order valence-electron chi connectivity index (χ0n) is 12.0. The van der Waals surface area contributed by atoms with Crippen molar-refractivity contribution in [2.45, 2.75) is 19.3 Å². The van der Waals surface area contributed by atoms with Gasteiger partial charge in [-0.1, -0.05) is 0 Å². The van der Waals surface area contributed by atoms with E-state index in [1.165, 1.54) is 6.42 Å². The van der Waals surface area contributed by atoms with Gasteiger partial charge in [0.15, 0.2) is 0 Å². The minimum Gasteiger partial charge on any atom is -0.368 e. The summed E-state index contributed by atoms with van der Waals surface area (Å²) < 4.78 is 0. The number of piperidine rings is 1. The second-order valence-corrected chi connectivity index (χ2v) is 4.87. The Morgan fingerprint density at radius 2 is 2.00 bits per heavy atom. The third-order valence-electron chi connectivity index (χ3n) is 3.27. The standard InChI is InChI=1S/C12H21N7O/c1-14-9(20)8-18(2)11-15-10(13)16-12(17-11)19-6-4-3-5-7-19/h3-8H2,1-2H3,(H,14,20)(H2,13,15,16,17). The molecule has 0 radical (unpaired) electrons. The lowest BCUT2D eigenvalue weighted by molar-refractivity contribution is -0.119. The zero-order chi connectivity index (χ0) is 14.5. The van der Waals surface area contributed by atoms with E-state index in [1.807, 2.05) is 0 Å². The summed E-state index contributed by atoms with van der Waals surface area (Å²) in [5.41, 5.74) is 5.75. The summed E-state index contributed by atoms with van der Waals surface area (Å²) in [6, 6.07) is 0. The van der Waals surface area contributed by atoms with Crippen molar-refractivity contribution in [2.24, 2.45) is 0 Å². The van der Waals surface area contributed by atoms with Crippen molar-refractivity contribution in [3.8, 4) is 0 Å². The van der Waals surface area contributed by atoms with Crippen molar-refractivity contribution < 1.29 is 4.79 Å². The van der Waals surface area contributed by atoms with Crippen molar-refractivity contribution in [3.63, 3.8) is 0 Å². The molecule has 0 atom stereocenters. The minimum atomic E-state index is -0.106. The van der Waals surface area contributed by atoms with Gasteiger partial charge in [0.05, 0.1) is 6.54 Å². The number of nitrogens with zero attached hydrogens (tertiary/aromatic N) is 5. The molecule has 1 amide bonds. The Morgan fingerprint density at radius 1 is 1.30 bits per heavy atom. The van der Waals surface area contributed by atoms with Crippen molar-refractivity contribution in [2.75, 3.05) is 49.3 Å². The Balaban J connectivity index is 2.17. The number of nitrogens with two attached hydrogens (primary N) is 1. The van der Waals surface area contributed by atoms with Gasteiger partial charge >= 0.3 is 0 Å². The molecule has 0 aromatic carbocycles. The molecular formula is C12H21N7O. The summed E-state index contributed by atoms with van der Waals surface area (Å²) in [4.78, 5) is 27.9. The van der Waals surface area contributed by atoms with Crippen molar-refractivity contribution >= 4 is 23.8 Å². The van der Waals surface area contributed by atoms with E-state index in [2.05, 4.69) is 25.2 Å². The number of hydrogen-bond donors (Lipinski definition) is 2. The van der Waals surface area contributed by atoms with Gasteiger partial charge in [0.2, 0.25) is 23.8 Å². The first-order valence-corrected chi connectivity index (χ1v) is 6.78. The van der Waals surface area contributed by atoms with Gasteiger partial charge < -0.3 is 20.9 Å². The summed E-state index contributed by atoms with van der Waals surface area (Å²) in [6.45, 7) is 2.05. The van der Waals surface area contributed by atoms with Crippen molar-refractivity contribution in [1.82, 2.24) is 20.3 Å². The van der Waals surface area contributed by atoms with Crippen molar-refractivity contribution in [1.29, 1.82) is 0 Å². The average Bonchev–Trinajstić information content (AvgIpc) is 2.47. The summed E-state index contributed by atoms with van der Waals surface area (Å²) in [6.07, 6.45) is 3.50. The van der Waals surface area contributed by atoms with Gasteiger partial charge in [-0.25, -0.2) is 0 Å². The number of likely N-dealkylation sites (N-methyl/N-ethyl adjacent to an activating group) is 2. The van der Waals surface area contributed by atoms with Gasteiger partial charge in [-0.3, -0.25) is 4.79 Å². The third kappa shape index (κ3) is 3.46. The maximum absolute atomic E-state index is 11.4. The zero-order valence-corrected chi connectivity index (χ0v) is 12.0. The molecule has 1 saturated heterocycles. The number of hydrogen-bond acceptors (Lipinski definition) is 7. The van der Waals surface area contributed by atoms with E-state index in [0.717, 1.165) is 25.9 Å². The summed E-state index contributed by atoms with van der Waals surface area (Å²) in [7, 11) is 3.35. The lowest BCUT2D eigenvalue weighted by atomic mass is 10.1. The number of aromatic nitrogens is 3. The Hall–Kier alpha value is -2.12. The highest BCUT2D eigenvalue weighted by Crippen LogP contribution is 2.18. The second-order valence-electron chi connectivity index (χ2n) is 4.87. The number of amides is 1. The highest BCUT2D eigenvalue weighted by atomic mass is 16.1. The number of nitrogen functional groups attached to an aromatic ring is 1. The molecule has 2 rings (SSSR count). The normalized spacial score (nSPS) is 15.0. The molecule has 0 aliphatic carbocycles. The van der Waals surface area contributed by atoms with Crippen LogP contribution in [0, 0.1) is 0 Å². The third-order valence-corrected chi connectivity index (χ3v) is 3.27. The molecule has 8 heteroatoms. The number of anilines is 3. The monoisotopic (exact) mass is 279 g/mol. The van der Waals surface area contributed by atoms with Gasteiger partial charge in [-0.2, -0.15) is 15.0 Å². The number of carbonyl (C=O) groups excluding carboxylic acids is 1. The molecule has 2 heterocycles. The molecule has 0 saturated carbocycles. The predicted octanol–water partition coefficient (Wildman–Crippen LogP) is -0.374. The minimum absolute atomic E-state index is 0.106. The van der Waals surface area contributed by atoms with Crippen LogP contribution in [-0.4, -0.2) is 54.6 Å². The fraction of sp³-hybridized carbons (Fsp3) is 0.667. The molecule has 8 nitrogen and oxygen atoms in total. The Morgan fingerprint density at radius 3 is 2.65 bits per heavy atom. The summed E-state index contributed by atoms with van der Waals surface area (Å²) in [5.74, 6) is 1.09. The molecule has 1 fully saturated rings. The molecule has 0 bridgehead atoms. The van der Waals surface area contributed by atoms with E-state index < -0.39 is 0 Å². The van der Waals surface area contributed by atoms with Gasteiger partial charge in [-0.15, -0.1) is 0 Å². The molecule has 1 aliphatic heterocycles. The fourth-order valence-corrected chi connectivity index (χ4v) is 2.14.